The van der Waals surface area contributed by atoms with Crippen molar-refractivity contribution in [3.05, 3.63) is 65.9 Å². The monoisotopic (exact) mass is 489 g/mol. The fourth-order valence-electron chi connectivity index (χ4n) is 5.19. The largest absolute Gasteiger partial charge is 0.459 e. The first kappa shape index (κ1) is 28.2. The molecule has 0 atom stereocenters. The maximum atomic E-state index is 12.2. The summed E-state index contributed by atoms with van der Waals surface area (Å²) >= 11 is 0. The van der Waals surface area contributed by atoms with Crippen molar-refractivity contribution in [2.24, 2.45) is 0 Å². The molecule has 196 valence electrons. The number of carbonyl (C=O) groups is 1. The Labute approximate surface area is 219 Å². The van der Waals surface area contributed by atoms with Crippen LogP contribution in [0.25, 0.3) is 11.3 Å². The van der Waals surface area contributed by atoms with Crippen molar-refractivity contribution in [3.8, 4) is 11.3 Å². The van der Waals surface area contributed by atoms with Crippen LogP contribution < -0.4 is 0 Å². The number of pyridine rings is 1. The third-order valence-corrected chi connectivity index (χ3v) is 7.51. The summed E-state index contributed by atoms with van der Waals surface area (Å²) in [5.74, 6) is 0.379. The second-order valence-electron chi connectivity index (χ2n) is 10.5. The van der Waals surface area contributed by atoms with E-state index in [1.165, 1.54) is 68.1 Å². The number of nitrogens with zero attached hydrogens (tertiary/aromatic N) is 1. The number of hydrogen-bond acceptors (Lipinski definition) is 3. The van der Waals surface area contributed by atoms with Crippen LogP contribution >= 0.6 is 0 Å². The van der Waals surface area contributed by atoms with Crippen LogP contribution in [0.1, 0.15) is 121 Å². The third-order valence-electron chi connectivity index (χ3n) is 7.51. The molecule has 1 aliphatic rings. The molecule has 0 saturated heterocycles. The Morgan fingerprint density at radius 2 is 1.56 bits per heavy atom. The highest BCUT2D eigenvalue weighted by atomic mass is 16.5. The van der Waals surface area contributed by atoms with E-state index in [-0.39, 0.29) is 12.1 Å². The van der Waals surface area contributed by atoms with E-state index in [1.54, 1.807) is 6.08 Å². The van der Waals surface area contributed by atoms with Crippen LogP contribution in [0, 0.1) is 0 Å². The summed E-state index contributed by atoms with van der Waals surface area (Å²) in [5, 5.41) is 0. The molecule has 3 rings (SSSR count). The molecular weight excluding hydrogens is 442 g/mol. The van der Waals surface area contributed by atoms with Crippen LogP contribution in [0.4, 0.5) is 0 Å². The molecule has 36 heavy (non-hydrogen) atoms. The van der Waals surface area contributed by atoms with Crippen molar-refractivity contribution in [1.82, 2.24) is 4.98 Å². The van der Waals surface area contributed by atoms with Crippen LogP contribution in [0.2, 0.25) is 0 Å². The topological polar surface area (TPSA) is 39.2 Å². The van der Waals surface area contributed by atoms with Gasteiger partial charge >= 0.3 is 5.97 Å². The molecule has 0 bridgehead atoms. The zero-order valence-electron chi connectivity index (χ0n) is 22.7. The number of unbranched alkanes of at least 4 members (excludes halogenated alkanes) is 8. The number of rotatable bonds is 15. The van der Waals surface area contributed by atoms with Gasteiger partial charge in [-0.15, -0.1) is 0 Å². The molecule has 0 aliphatic heterocycles. The van der Waals surface area contributed by atoms with E-state index in [0.717, 1.165) is 50.6 Å². The number of allylic oxidation sites excluding steroid dienone is 1. The molecule has 1 aromatic carbocycles. The first-order valence-corrected chi connectivity index (χ1v) is 14.6. The van der Waals surface area contributed by atoms with Gasteiger partial charge in [-0.25, -0.2) is 4.79 Å². The minimum Gasteiger partial charge on any atom is -0.459 e. The number of ether oxygens (including phenoxy) is 1. The molecule has 1 saturated carbocycles. The molecule has 0 amide bonds. The first-order chi connectivity index (χ1) is 17.7. The Morgan fingerprint density at radius 3 is 2.25 bits per heavy atom. The van der Waals surface area contributed by atoms with E-state index in [0.29, 0.717) is 5.92 Å². The van der Waals surface area contributed by atoms with Gasteiger partial charge in [-0.05, 0) is 74.5 Å². The van der Waals surface area contributed by atoms with Crippen molar-refractivity contribution >= 4 is 5.97 Å². The smallest absolute Gasteiger partial charge is 0.330 e. The van der Waals surface area contributed by atoms with Gasteiger partial charge in [0.05, 0.1) is 5.69 Å². The molecule has 1 heterocycles. The average molecular weight is 490 g/mol. The molecular formula is C33H47NO2. The molecule has 3 nitrogen and oxygen atoms in total. The summed E-state index contributed by atoms with van der Waals surface area (Å²) in [5.41, 5.74) is 4.93. The highest BCUT2D eigenvalue weighted by Gasteiger charge is 2.24. The van der Waals surface area contributed by atoms with Gasteiger partial charge in [-0.2, -0.15) is 0 Å². The van der Waals surface area contributed by atoms with Crippen molar-refractivity contribution in [2.45, 2.75) is 122 Å². The lowest BCUT2D eigenvalue weighted by molar-refractivity contribution is -0.144. The van der Waals surface area contributed by atoms with Crippen molar-refractivity contribution in [1.29, 1.82) is 0 Å². The molecule has 3 heteroatoms. The van der Waals surface area contributed by atoms with Crippen LogP contribution in [-0.2, 0) is 16.0 Å². The third kappa shape index (κ3) is 9.91. The zero-order chi connectivity index (χ0) is 25.4. The lowest BCUT2D eigenvalue weighted by Gasteiger charge is -2.28. The summed E-state index contributed by atoms with van der Waals surface area (Å²) in [6.45, 7) is 4.48. The second-order valence-corrected chi connectivity index (χ2v) is 10.5. The normalized spacial score (nSPS) is 17.9. The Bertz CT molecular complexity index is 892. The van der Waals surface area contributed by atoms with Gasteiger partial charge < -0.3 is 4.74 Å². The van der Waals surface area contributed by atoms with Gasteiger partial charge in [0.15, 0.2) is 0 Å². The predicted octanol–water partition coefficient (Wildman–Crippen LogP) is 9.36. The summed E-state index contributed by atoms with van der Waals surface area (Å²) < 4.78 is 5.72. The maximum Gasteiger partial charge on any atom is 0.330 e. The van der Waals surface area contributed by atoms with Crippen molar-refractivity contribution in [3.63, 3.8) is 0 Å². The lowest BCUT2D eigenvalue weighted by Crippen LogP contribution is -2.23. The molecule has 2 aromatic rings. The fourth-order valence-corrected chi connectivity index (χ4v) is 5.19. The maximum absolute atomic E-state index is 12.2. The van der Waals surface area contributed by atoms with Crippen molar-refractivity contribution < 1.29 is 9.53 Å². The number of hydrogen-bond donors (Lipinski definition) is 0. The van der Waals surface area contributed by atoms with E-state index in [4.69, 9.17) is 9.72 Å². The number of carbonyl (C=O) groups excluding carboxylic acids is 1. The van der Waals surface area contributed by atoms with E-state index >= 15 is 0 Å². The fraction of sp³-hybridized carbons (Fsp3) is 0.576. The van der Waals surface area contributed by atoms with Crippen LogP contribution in [0.5, 0.6) is 0 Å². The molecule has 0 N–H and O–H groups in total. The summed E-state index contributed by atoms with van der Waals surface area (Å²) in [7, 11) is 0. The van der Waals surface area contributed by atoms with E-state index in [2.05, 4.69) is 50.2 Å². The Hall–Kier alpha value is -2.42. The van der Waals surface area contributed by atoms with Gasteiger partial charge in [0.2, 0.25) is 0 Å². The highest BCUT2D eigenvalue weighted by molar-refractivity contribution is 5.82. The van der Waals surface area contributed by atoms with Gasteiger partial charge in [0, 0.05) is 17.8 Å². The number of aromatic nitrogens is 1. The van der Waals surface area contributed by atoms with Crippen LogP contribution in [0.15, 0.2) is 54.7 Å². The van der Waals surface area contributed by atoms with Gasteiger partial charge in [-0.1, -0.05) is 95.2 Å². The van der Waals surface area contributed by atoms with Gasteiger partial charge in [-0.3, -0.25) is 4.98 Å². The van der Waals surface area contributed by atoms with Crippen molar-refractivity contribution in [2.75, 3.05) is 0 Å². The Morgan fingerprint density at radius 1 is 0.861 bits per heavy atom. The van der Waals surface area contributed by atoms with Crippen LogP contribution in [0.3, 0.4) is 0 Å². The zero-order valence-corrected chi connectivity index (χ0v) is 22.7. The number of esters is 1. The van der Waals surface area contributed by atoms with Gasteiger partial charge in [0.25, 0.3) is 0 Å². The predicted molar refractivity (Wildman–Crippen MR) is 151 cm³/mol. The minimum atomic E-state index is -0.169. The average Bonchev–Trinajstić information content (AvgIpc) is 2.91. The quantitative estimate of drug-likeness (QED) is 0.142. The van der Waals surface area contributed by atoms with Gasteiger partial charge in [0.1, 0.15) is 6.10 Å². The van der Waals surface area contributed by atoms with E-state index in [9.17, 15) is 4.79 Å². The molecule has 0 radical (unpaired) electrons. The second kappa shape index (κ2) is 16.3. The Balaban J connectivity index is 1.36. The number of benzene rings is 1. The Kier molecular flexibility index (Phi) is 12.8. The van der Waals surface area contributed by atoms with E-state index in [1.807, 2.05) is 12.3 Å². The summed E-state index contributed by atoms with van der Waals surface area (Å²) in [6, 6.07) is 13.3. The lowest BCUT2D eigenvalue weighted by atomic mass is 9.82. The molecule has 1 aliphatic carbocycles. The highest BCUT2D eigenvalue weighted by Crippen LogP contribution is 2.35. The summed E-state index contributed by atoms with van der Waals surface area (Å²) in [4.78, 5) is 16.9. The molecule has 1 aromatic heterocycles. The first-order valence-electron chi connectivity index (χ1n) is 14.6. The SMILES string of the molecule is CCCCCCCCC=CC(=O)OC1CCC(c2ccc(-c3ccc(CCCCC)cn3)cc2)CC1. The minimum absolute atomic E-state index is 0.0618. The molecule has 1 fully saturated rings. The van der Waals surface area contributed by atoms with E-state index < -0.39 is 0 Å². The molecule has 0 spiro atoms. The molecule has 0 unspecified atom stereocenters. The summed E-state index contributed by atoms with van der Waals surface area (Å²) in [6.07, 6.45) is 23.3. The van der Waals surface area contributed by atoms with Crippen LogP contribution in [-0.4, -0.2) is 17.1 Å². The number of aryl methyl sites for hydroxylation is 1. The standard InChI is InChI=1S/C33H47NO2/c1-3-5-7-8-9-10-11-13-15-33(35)36-31-23-21-29(22-24-31)28-17-19-30(20-18-28)32-25-16-27(26-34-32)14-12-6-4-2/h13,15-20,25-26,29,31H,3-12,14,21-24H2,1-2H3.